The third kappa shape index (κ3) is 3.80. The van der Waals surface area contributed by atoms with Crippen LogP contribution in [0.4, 0.5) is 0 Å². The molecule has 2 rings (SSSR count). The molecule has 0 amide bonds. The Morgan fingerprint density at radius 2 is 2.35 bits per heavy atom. The van der Waals surface area contributed by atoms with E-state index in [9.17, 15) is 13.2 Å². The Morgan fingerprint density at radius 3 is 2.85 bits per heavy atom. The van der Waals surface area contributed by atoms with Crippen molar-refractivity contribution in [3.63, 3.8) is 0 Å². The van der Waals surface area contributed by atoms with Crippen molar-refractivity contribution in [1.82, 2.24) is 14.5 Å². The van der Waals surface area contributed by atoms with Gasteiger partial charge in [-0.25, -0.2) is 13.4 Å². The molecule has 1 fully saturated rings. The lowest BCUT2D eigenvalue weighted by molar-refractivity contribution is -0.138. The van der Waals surface area contributed by atoms with E-state index in [1.54, 1.807) is 11.1 Å². The fourth-order valence-electron chi connectivity index (χ4n) is 2.51. The van der Waals surface area contributed by atoms with E-state index in [2.05, 4.69) is 4.98 Å². The van der Waals surface area contributed by atoms with Gasteiger partial charge in [0, 0.05) is 38.4 Å². The first-order valence-corrected chi connectivity index (χ1v) is 8.32. The lowest BCUT2D eigenvalue weighted by Gasteiger charge is -2.26. The number of carboxylic acids is 1. The van der Waals surface area contributed by atoms with Gasteiger partial charge >= 0.3 is 5.97 Å². The average Bonchev–Trinajstić information content (AvgIpc) is 2.90. The van der Waals surface area contributed by atoms with Gasteiger partial charge in [0.05, 0.1) is 18.1 Å². The van der Waals surface area contributed by atoms with Crippen molar-refractivity contribution >= 4 is 15.8 Å². The molecule has 1 atom stereocenters. The van der Waals surface area contributed by atoms with Crippen molar-refractivity contribution in [3.8, 4) is 0 Å². The number of imidazole rings is 1. The number of nitrogens with zero attached hydrogens (tertiary/aromatic N) is 3. The van der Waals surface area contributed by atoms with Gasteiger partial charge in [-0.2, -0.15) is 0 Å². The van der Waals surface area contributed by atoms with Crippen LogP contribution in [0, 0.1) is 0 Å². The SMILES string of the molecule is Cn1ccnc1CCN(CC(=O)O)C1CCS(=O)(=O)C1. The van der Waals surface area contributed by atoms with E-state index in [1.165, 1.54) is 0 Å². The van der Waals surface area contributed by atoms with Crippen LogP contribution >= 0.6 is 0 Å². The second-order valence-corrected chi connectivity index (χ2v) is 7.35. The molecule has 1 aromatic heterocycles. The van der Waals surface area contributed by atoms with Crippen molar-refractivity contribution in [2.75, 3.05) is 24.6 Å². The van der Waals surface area contributed by atoms with Crippen molar-refractivity contribution in [2.24, 2.45) is 7.05 Å². The molecular formula is C12H19N3O4S. The van der Waals surface area contributed by atoms with E-state index in [0.717, 1.165) is 5.82 Å². The number of aryl methyl sites for hydroxylation is 1. The van der Waals surface area contributed by atoms with Crippen LogP contribution in [0.5, 0.6) is 0 Å². The average molecular weight is 301 g/mol. The highest BCUT2D eigenvalue weighted by Crippen LogP contribution is 2.18. The highest BCUT2D eigenvalue weighted by molar-refractivity contribution is 7.91. The zero-order valence-corrected chi connectivity index (χ0v) is 12.2. The number of sulfone groups is 1. The van der Waals surface area contributed by atoms with Crippen molar-refractivity contribution in [1.29, 1.82) is 0 Å². The lowest BCUT2D eigenvalue weighted by Crippen LogP contribution is -2.41. The highest BCUT2D eigenvalue weighted by Gasteiger charge is 2.32. The fourth-order valence-corrected chi connectivity index (χ4v) is 4.27. The highest BCUT2D eigenvalue weighted by atomic mass is 32.2. The molecule has 1 saturated heterocycles. The molecule has 8 heteroatoms. The van der Waals surface area contributed by atoms with Gasteiger partial charge in [-0.3, -0.25) is 9.69 Å². The smallest absolute Gasteiger partial charge is 0.317 e. The van der Waals surface area contributed by atoms with Gasteiger partial charge in [0.25, 0.3) is 0 Å². The predicted molar refractivity (Wildman–Crippen MR) is 73.2 cm³/mol. The van der Waals surface area contributed by atoms with Crippen LogP contribution in [-0.2, 0) is 28.1 Å². The summed E-state index contributed by atoms with van der Waals surface area (Å²) < 4.78 is 24.9. The second kappa shape index (κ2) is 5.92. The van der Waals surface area contributed by atoms with Crippen LogP contribution < -0.4 is 0 Å². The standard InChI is InChI=1S/C12H19N3O4S/c1-14-6-4-13-11(14)2-5-15(8-12(16)17)10-3-7-20(18,19)9-10/h4,6,10H,2-3,5,7-9H2,1H3,(H,16,17). The molecule has 1 aliphatic heterocycles. The fraction of sp³-hybridized carbons (Fsp3) is 0.667. The van der Waals surface area contributed by atoms with E-state index in [-0.39, 0.29) is 24.1 Å². The molecule has 1 unspecified atom stereocenters. The Hall–Kier alpha value is -1.41. The summed E-state index contributed by atoms with van der Waals surface area (Å²) in [5, 5.41) is 8.97. The van der Waals surface area contributed by atoms with E-state index in [4.69, 9.17) is 5.11 Å². The third-order valence-corrected chi connectivity index (χ3v) is 5.36. The largest absolute Gasteiger partial charge is 0.480 e. The molecule has 7 nitrogen and oxygen atoms in total. The zero-order valence-electron chi connectivity index (χ0n) is 11.4. The van der Waals surface area contributed by atoms with E-state index < -0.39 is 15.8 Å². The van der Waals surface area contributed by atoms with Crippen molar-refractivity contribution in [2.45, 2.75) is 18.9 Å². The number of carboxylic acid groups (broad SMARTS) is 1. The Morgan fingerprint density at radius 1 is 1.60 bits per heavy atom. The number of aliphatic carboxylic acids is 1. The zero-order chi connectivity index (χ0) is 14.8. The Balaban J connectivity index is 2.01. The summed E-state index contributed by atoms with van der Waals surface area (Å²) >= 11 is 0. The molecule has 2 heterocycles. The quantitative estimate of drug-likeness (QED) is 0.764. The second-order valence-electron chi connectivity index (χ2n) is 5.13. The predicted octanol–water partition coefficient (Wildman–Crippen LogP) is -0.464. The first-order valence-electron chi connectivity index (χ1n) is 6.50. The summed E-state index contributed by atoms with van der Waals surface area (Å²) in [7, 11) is -1.13. The molecule has 0 bridgehead atoms. The van der Waals surface area contributed by atoms with Gasteiger partial charge in [-0.1, -0.05) is 0 Å². The molecule has 112 valence electrons. The molecule has 1 N–H and O–H groups in total. The van der Waals surface area contributed by atoms with Gasteiger partial charge in [0.15, 0.2) is 9.84 Å². The van der Waals surface area contributed by atoms with Crippen LogP contribution in [-0.4, -0.2) is 64.6 Å². The topological polar surface area (TPSA) is 92.5 Å². The Bertz CT molecular complexity index is 581. The maximum absolute atomic E-state index is 11.5. The van der Waals surface area contributed by atoms with E-state index >= 15 is 0 Å². The third-order valence-electron chi connectivity index (χ3n) is 3.61. The molecule has 0 saturated carbocycles. The summed E-state index contributed by atoms with van der Waals surface area (Å²) in [6, 6.07) is -0.198. The molecule has 20 heavy (non-hydrogen) atoms. The van der Waals surface area contributed by atoms with Crippen molar-refractivity contribution in [3.05, 3.63) is 18.2 Å². The van der Waals surface area contributed by atoms with Gasteiger partial charge in [0.2, 0.25) is 0 Å². The molecular weight excluding hydrogens is 282 g/mol. The molecule has 0 spiro atoms. The van der Waals surface area contributed by atoms with Crippen LogP contribution in [0.1, 0.15) is 12.2 Å². The Labute approximate surface area is 118 Å². The van der Waals surface area contributed by atoms with Crippen LogP contribution in [0.3, 0.4) is 0 Å². The minimum absolute atomic E-state index is 0.0564. The van der Waals surface area contributed by atoms with Gasteiger partial charge in [-0.15, -0.1) is 0 Å². The summed E-state index contributed by atoms with van der Waals surface area (Å²) in [6.45, 7) is 0.363. The maximum atomic E-state index is 11.5. The lowest BCUT2D eigenvalue weighted by atomic mass is 10.2. The monoisotopic (exact) mass is 301 g/mol. The summed E-state index contributed by atoms with van der Waals surface area (Å²) in [5.41, 5.74) is 0. The van der Waals surface area contributed by atoms with Crippen molar-refractivity contribution < 1.29 is 18.3 Å². The summed E-state index contributed by atoms with van der Waals surface area (Å²) in [6.07, 6.45) is 4.64. The van der Waals surface area contributed by atoms with Crippen LogP contribution in [0.2, 0.25) is 0 Å². The first kappa shape index (κ1) is 15.0. The summed E-state index contributed by atoms with van der Waals surface area (Å²) in [4.78, 5) is 16.9. The van der Waals surface area contributed by atoms with Gasteiger partial charge in [-0.05, 0) is 6.42 Å². The number of hydrogen-bond acceptors (Lipinski definition) is 5. The minimum atomic E-state index is -3.01. The van der Waals surface area contributed by atoms with Gasteiger partial charge in [0.1, 0.15) is 5.82 Å². The van der Waals surface area contributed by atoms with Crippen LogP contribution in [0.25, 0.3) is 0 Å². The van der Waals surface area contributed by atoms with Gasteiger partial charge < -0.3 is 9.67 Å². The maximum Gasteiger partial charge on any atom is 0.317 e. The summed E-state index contributed by atoms with van der Waals surface area (Å²) in [5.74, 6) is 0.132. The van der Waals surface area contributed by atoms with Crippen LogP contribution in [0.15, 0.2) is 12.4 Å². The number of aromatic nitrogens is 2. The normalized spacial score (nSPS) is 21.4. The number of rotatable bonds is 6. The number of hydrogen-bond donors (Lipinski definition) is 1. The van der Waals surface area contributed by atoms with E-state index in [0.29, 0.717) is 19.4 Å². The van der Waals surface area contributed by atoms with E-state index in [1.807, 2.05) is 17.8 Å². The number of carbonyl (C=O) groups is 1. The minimum Gasteiger partial charge on any atom is -0.480 e. The molecule has 0 aliphatic carbocycles. The molecule has 1 aromatic rings. The molecule has 0 radical (unpaired) electrons. The molecule has 1 aliphatic rings. The Kier molecular flexibility index (Phi) is 4.44. The molecule has 0 aromatic carbocycles. The first-order chi connectivity index (χ1) is 9.37.